The van der Waals surface area contributed by atoms with Gasteiger partial charge in [-0.15, -0.1) is 0 Å². The van der Waals surface area contributed by atoms with E-state index in [2.05, 4.69) is 10.3 Å². The van der Waals surface area contributed by atoms with Crippen LogP contribution in [0, 0.1) is 5.92 Å². The van der Waals surface area contributed by atoms with Gasteiger partial charge < -0.3 is 15.5 Å². The zero-order valence-electron chi connectivity index (χ0n) is 11.2. The van der Waals surface area contributed by atoms with E-state index >= 15 is 0 Å². The summed E-state index contributed by atoms with van der Waals surface area (Å²) in [6.45, 7) is 0.920. The normalized spacial score (nSPS) is 16.2. The molecule has 4 heteroatoms. The van der Waals surface area contributed by atoms with Crippen molar-refractivity contribution >= 4 is 22.8 Å². The summed E-state index contributed by atoms with van der Waals surface area (Å²) < 4.78 is 5.62. The van der Waals surface area contributed by atoms with Gasteiger partial charge in [-0.05, 0) is 30.9 Å². The molecule has 1 aromatic heterocycles. The average molecular weight is 259 g/mol. The van der Waals surface area contributed by atoms with Gasteiger partial charge in [-0.2, -0.15) is 4.98 Å². The van der Waals surface area contributed by atoms with Gasteiger partial charge in [0.1, 0.15) is 5.52 Å². The van der Waals surface area contributed by atoms with E-state index in [0.29, 0.717) is 11.7 Å². The summed E-state index contributed by atoms with van der Waals surface area (Å²) in [4.78, 5) is 4.38. The van der Waals surface area contributed by atoms with Crippen molar-refractivity contribution < 1.29 is 4.42 Å². The summed E-state index contributed by atoms with van der Waals surface area (Å²) in [5, 5.41) is 3.25. The van der Waals surface area contributed by atoms with Crippen molar-refractivity contribution in [1.29, 1.82) is 0 Å². The second kappa shape index (κ2) is 5.51. The van der Waals surface area contributed by atoms with E-state index < -0.39 is 0 Å². The van der Waals surface area contributed by atoms with Crippen molar-refractivity contribution in [2.75, 3.05) is 17.6 Å². The highest BCUT2D eigenvalue weighted by Crippen LogP contribution is 2.28. The lowest BCUT2D eigenvalue weighted by Crippen LogP contribution is -2.04. The van der Waals surface area contributed by atoms with Crippen LogP contribution in [-0.2, 0) is 0 Å². The van der Waals surface area contributed by atoms with Crippen LogP contribution in [-0.4, -0.2) is 11.5 Å². The molecule has 3 rings (SSSR count). The summed E-state index contributed by atoms with van der Waals surface area (Å²) in [5.74, 6) is 0.945. The summed E-state index contributed by atoms with van der Waals surface area (Å²) in [7, 11) is 0. The number of para-hydroxylation sites is 1. The van der Waals surface area contributed by atoms with Gasteiger partial charge in [-0.1, -0.05) is 31.7 Å². The number of benzene rings is 1. The Morgan fingerprint density at radius 3 is 2.95 bits per heavy atom. The van der Waals surface area contributed by atoms with E-state index in [1.807, 2.05) is 18.2 Å². The Labute approximate surface area is 113 Å². The number of nitrogen functional groups attached to an aromatic ring is 1. The number of hydrogen-bond acceptors (Lipinski definition) is 4. The second-order valence-electron chi connectivity index (χ2n) is 5.43. The van der Waals surface area contributed by atoms with E-state index in [4.69, 9.17) is 10.2 Å². The van der Waals surface area contributed by atoms with Crippen LogP contribution >= 0.6 is 0 Å². The molecule has 4 nitrogen and oxygen atoms in total. The van der Waals surface area contributed by atoms with E-state index in [-0.39, 0.29) is 0 Å². The highest BCUT2D eigenvalue weighted by Gasteiger charge is 2.14. The highest BCUT2D eigenvalue weighted by atomic mass is 16.4. The predicted octanol–water partition coefficient (Wildman–Crippen LogP) is 3.79. The summed E-state index contributed by atoms with van der Waals surface area (Å²) in [6.07, 6.45) is 8.16. The molecule has 0 radical (unpaired) electrons. The summed E-state index contributed by atoms with van der Waals surface area (Å²) in [6, 6.07) is 6.20. The molecule has 1 heterocycles. The number of hydrogen-bond donors (Lipinski definition) is 2. The number of fused-ring (bicyclic) bond motifs is 1. The molecule has 0 unspecified atom stereocenters. The maximum absolute atomic E-state index is 5.86. The number of nitrogens with zero attached hydrogens (tertiary/aromatic N) is 1. The van der Waals surface area contributed by atoms with Crippen LogP contribution < -0.4 is 11.1 Å². The molecule has 0 atom stereocenters. The lowest BCUT2D eigenvalue weighted by molar-refractivity contribution is 0.489. The van der Waals surface area contributed by atoms with Crippen LogP contribution in [0.3, 0.4) is 0 Å². The smallest absolute Gasteiger partial charge is 0.295 e. The molecule has 1 aromatic carbocycles. The molecule has 0 saturated heterocycles. The van der Waals surface area contributed by atoms with Crippen molar-refractivity contribution in [2.45, 2.75) is 38.5 Å². The maximum Gasteiger partial charge on any atom is 0.295 e. The molecule has 1 saturated carbocycles. The predicted molar refractivity (Wildman–Crippen MR) is 78.1 cm³/mol. The molecule has 0 spiro atoms. The Hall–Kier alpha value is -1.71. The molecule has 1 aliphatic carbocycles. The third-order valence-electron chi connectivity index (χ3n) is 3.99. The van der Waals surface area contributed by atoms with Gasteiger partial charge in [0.2, 0.25) is 0 Å². The van der Waals surface area contributed by atoms with Crippen molar-refractivity contribution in [3.8, 4) is 0 Å². The van der Waals surface area contributed by atoms with Crippen LogP contribution in [0.1, 0.15) is 38.5 Å². The quantitative estimate of drug-likeness (QED) is 0.633. The Balaban J connectivity index is 1.52. The van der Waals surface area contributed by atoms with E-state index in [9.17, 15) is 0 Å². The maximum atomic E-state index is 5.86. The van der Waals surface area contributed by atoms with Crippen LogP contribution in [0.2, 0.25) is 0 Å². The number of rotatable bonds is 5. The van der Waals surface area contributed by atoms with E-state index in [1.165, 1.54) is 38.5 Å². The molecular formula is C15H21N3O. The molecule has 0 amide bonds. The fourth-order valence-corrected chi connectivity index (χ4v) is 2.93. The lowest BCUT2D eigenvalue weighted by Gasteiger charge is -2.07. The van der Waals surface area contributed by atoms with Gasteiger partial charge in [0.05, 0.1) is 5.69 Å². The van der Waals surface area contributed by atoms with Gasteiger partial charge >= 0.3 is 0 Å². The minimum atomic E-state index is 0.583. The Morgan fingerprint density at radius 2 is 2.16 bits per heavy atom. The lowest BCUT2D eigenvalue weighted by atomic mass is 10.0. The van der Waals surface area contributed by atoms with Crippen molar-refractivity contribution in [1.82, 2.24) is 4.98 Å². The SMILES string of the molecule is Nc1cccc2oc(NCCCC3CCCC3)nc12. The third kappa shape index (κ3) is 2.83. The number of nitrogens with one attached hydrogen (secondary N) is 1. The molecule has 19 heavy (non-hydrogen) atoms. The van der Waals surface area contributed by atoms with Crippen molar-refractivity contribution in [3.05, 3.63) is 18.2 Å². The molecule has 0 aliphatic heterocycles. The first-order valence-electron chi connectivity index (χ1n) is 7.22. The van der Waals surface area contributed by atoms with Gasteiger partial charge in [-0.25, -0.2) is 0 Å². The fourth-order valence-electron chi connectivity index (χ4n) is 2.93. The number of oxazole rings is 1. The molecule has 102 valence electrons. The molecular weight excluding hydrogens is 238 g/mol. The molecule has 3 N–H and O–H groups in total. The second-order valence-corrected chi connectivity index (χ2v) is 5.43. The molecule has 2 aromatic rings. The topological polar surface area (TPSA) is 64.1 Å². The Bertz CT molecular complexity index is 543. The highest BCUT2D eigenvalue weighted by molar-refractivity contribution is 5.86. The van der Waals surface area contributed by atoms with Gasteiger partial charge in [0, 0.05) is 6.54 Å². The summed E-state index contributed by atoms with van der Waals surface area (Å²) >= 11 is 0. The minimum absolute atomic E-state index is 0.583. The number of aromatic nitrogens is 1. The molecule has 1 aliphatic rings. The first-order valence-corrected chi connectivity index (χ1v) is 7.22. The van der Waals surface area contributed by atoms with Gasteiger partial charge in [-0.3, -0.25) is 0 Å². The van der Waals surface area contributed by atoms with Gasteiger partial charge in [0.25, 0.3) is 6.01 Å². The first-order chi connectivity index (χ1) is 9.33. The fraction of sp³-hybridized carbons (Fsp3) is 0.533. The third-order valence-corrected chi connectivity index (χ3v) is 3.99. The number of anilines is 2. The van der Waals surface area contributed by atoms with Crippen molar-refractivity contribution in [3.63, 3.8) is 0 Å². The Morgan fingerprint density at radius 1 is 1.32 bits per heavy atom. The zero-order valence-corrected chi connectivity index (χ0v) is 11.2. The Kier molecular flexibility index (Phi) is 3.58. The first kappa shape index (κ1) is 12.3. The average Bonchev–Trinajstić information content (AvgIpc) is 3.04. The van der Waals surface area contributed by atoms with Crippen LogP contribution in [0.5, 0.6) is 0 Å². The van der Waals surface area contributed by atoms with Crippen LogP contribution in [0.15, 0.2) is 22.6 Å². The molecule has 0 bridgehead atoms. The number of nitrogens with two attached hydrogens (primary N) is 1. The van der Waals surface area contributed by atoms with Gasteiger partial charge in [0.15, 0.2) is 5.58 Å². The van der Waals surface area contributed by atoms with E-state index in [1.54, 1.807) is 0 Å². The minimum Gasteiger partial charge on any atom is -0.423 e. The summed E-state index contributed by atoms with van der Waals surface area (Å²) in [5.41, 5.74) is 8.02. The van der Waals surface area contributed by atoms with Crippen LogP contribution in [0.4, 0.5) is 11.7 Å². The standard InChI is InChI=1S/C15H21N3O/c16-12-8-3-9-13-14(12)18-15(19-13)17-10-4-7-11-5-1-2-6-11/h3,8-9,11H,1-2,4-7,10,16H2,(H,17,18). The van der Waals surface area contributed by atoms with E-state index in [0.717, 1.165) is 23.6 Å². The molecule has 1 fully saturated rings. The largest absolute Gasteiger partial charge is 0.423 e. The van der Waals surface area contributed by atoms with Crippen LogP contribution in [0.25, 0.3) is 11.1 Å². The zero-order chi connectivity index (χ0) is 13.1. The monoisotopic (exact) mass is 259 g/mol. The van der Waals surface area contributed by atoms with Crippen molar-refractivity contribution in [2.24, 2.45) is 5.92 Å².